The van der Waals surface area contributed by atoms with Crippen LogP contribution in [0.1, 0.15) is 36.2 Å². The molecule has 1 aromatic heterocycles. The molecule has 0 spiro atoms. The first kappa shape index (κ1) is 10.8. The smallest absolute Gasteiger partial charge is 0.303 e. The van der Waals surface area contributed by atoms with Gasteiger partial charge in [0.2, 0.25) is 0 Å². The fourth-order valence-corrected chi connectivity index (χ4v) is 1.87. The third-order valence-corrected chi connectivity index (χ3v) is 2.54. The van der Waals surface area contributed by atoms with Gasteiger partial charge in [-0.25, -0.2) is 0 Å². The van der Waals surface area contributed by atoms with Crippen molar-refractivity contribution in [1.82, 2.24) is 9.78 Å². The molecule has 1 N–H and O–H groups in total. The number of hydrogen-bond donors (Lipinski definition) is 1. The summed E-state index contributed by atoms with van der Waals surface area (Å²) in [4.78, 5) is 10.6. The van der Waals surface area contributed by atoms with Crippen LogP contribution in [0, 0.1) is 13.8 Å². The van der Waals surface area contributed by atoms with E-state index in [4.69, 9.17) is 5.11 Å². The van der Waals surface area contributed by atoms with Crippen LogP contribution in [-0.2, 0) is 11.8 Å². The van der Waals surface area contributed by atoms with Crippen molar-refractivity contribution in [2.75, 3.05) is 0 Å². The van der Waals surface area contributed by atoms with Gasteiger partial charge in [-0.2, -0.15) is 5.10 Å². The van der Waals surface area contributed by atoms with E-state index in [1.54, 1.807) is 4.68 Å². The number of carboxylic acid groups (broad SMARTS) is 1. The monoisotopic (exact) mass is 196 g/mol. The Bertz CT molecular complexity index is 355. The molecule has 0 aromatic carbocycles. The normalized spacial score (nSPS) is 12.9. The number of aromatic nitrogens is 2. The van der Waals surface area contributed by atoms with Gasteiger partial charge in [-0.1, -0.05) is 6.92 Å². The van der Waals surface area contributed by atoms with Gasteiger partial charge in [-0.15, -0.1) is 0 Å². The van der Waals surface area contributed by atoms with E-state index in [1.807, 2.05) is 27.8 Å². The van der Waals surface area contributed by atoms with Crippen LogP contribution in [0.15, 0.2) is 0 Å². The van der Waals surface area contributed by atoms with Crippen LogP contribution in [0.25, 0.3) is 0 Å². The summed E-state index contributed by atoms with van der Waals surface area (Å²) < 4.78 is 1.79. The zero-order valence-corrected chi connectivity index (χ0v) is 9.03. The summed E-state index contributed by atoms with van der Waals surface area (Å²) in [7, 11) is 1.87. The third kappa shape index (κ3) is 1.95. The summed E-state index contributed by atoms with van der Waals surface area (Å²) in [5.41, 5.74) is 3.05. The average molecular weight is 196 g/mol. The van der Waals surface area contributed by atoms with Crippen molar-refractivity contribution in [2.24, 2.45) is 7.05 Å². The molecule has 4 nitrogen and oxygen atoms in total. The van der Waals surface area contributed by atoms with Crippen molar-refractivity contribution in [1.29, 1.82) is 0 Å². The number of nitrogens with zero attached hydrogens (tertiary/aromatic N) is 2. The predicted octanol–water partition coefficient (Wildman–Crippen LogP) is 1.62. The molecule has 4 heteroatoms. The number of hydrogen-bond acceptors (Lipinski definition) is 2. The molecule has 1 atom stereocenters. The standard InChI is InChI=1S/C10H16N2O2/c1-6(5-9(13)14)10-7(2)11-12(4)8(10)3/h6H,5H2,1-4H3,(H,13,14). The first-order valence-electron chi connectivity index (χ1n) is 4.65. The second kappa shape index (κ2) is 3.82. The summed E-state index contributed by atoms with van der Waals surface area (Å²) in [6.45, 7) is 5.81. The van der Waals surface area contributed by atoms with Gasteiger partial charge in [-0.05, 0) is 25.3 Å². The minimum Gasteiger partial charge on any atom is -0.481 e. The van der Waals surface area contributed by atoms with Gasteiger partial charge < -0.3 is 5.11 Å². The molecule has 14 heavy (non-hydrogen) atoms. The summed E-state index contributed by atoms with van der Waals surface area (Å²) in [6, 6.07) is 0. The number of carboxylic acids is 1. The molecular formula is C10H16N2O2. The van der Waals surface area contributed by atoms with Crippen molar-refractivity contribution >= 4 is 5.97 Å². The molecule has 1 rings (SSSR count). The molecule has 1 heterocycles. The van der Waals surface area contributed by atoms with Gasteiger partial charge >= 0.3 is 5.97 Å². The lowest BCUT2D eigenvalue weighted by atomic mass is 9.96. The Kier molecular flexibility index (Phi) is 2.93. The maximum Gasteiger partial charge on any atom is 0.303 e. The highest BCUT2D eigenvalue weighted by atomic mass is 16.4. The molecule has 1 unspecified atom stereocenters. The van der Waals surface area contributed by atoms with Gasteiger partial charge in [-0.3, -0.25) is 9.48 Å². The molecule has 0 saturated carbocycles. The van der Waals surface area contributed by atoms with Crippen LogP contribution in [0.3, 0.4) is 0 Å². The van der Waals surface area contributed by atoms with Crippen LogP contribution < -0.4 is 0 Å². The number of carbonyl (C=O) groups is 1. The summed E-state index contributed by atoms with van der Waals surface area (Å²) in [6.07, 6.45) is 0.160. The minimum absolute atomic E-state index is 0.0289. The maximum absolute atomic E-state index is 10.6. The van der Waals surface area contributed by atoms with Gasteiger partial charge in [0, 0.05) is 12.7 Å². The van der Waals surface area contributed by atoms with Crippen LogP contribution in [0.5, 0.6) is 0 Å². The summed E-state index contributed by atoms with van der Waals surface area (Å²) in [5.74, 6) is -0.735. The number of aliphatic carboxylic acids is 1. The molecule has 0 aliphatic carbocycles. The molecule has 0 bridgehead atoms. The van der Waals surface area contributed by atoms with E-state index in [9.17, 15) is 4.79 Å². The Morgan fingerprint density at radius 1 is 1.57 bits per heavy atom. The largest absolute Gasteiger partial charge is 0.481 e. The van der Waals surface area contributed by atoms with E-state index in [0.717, 1.165) is 17.0 Å². The SMILES string of the molecule is Cc1nn(C)c(C)c1C(C)CC(=O)O. The van der Waals surface area contributed by atoms with Gasteiger partial charge in [0.05, 0.1) is 12.1 Å². The van der Waals surface area contributed by atoms with E-state index in [0.29, 0.717) is 0 Å². The molecule has 1 aromatic rings. The first-order chi connectivity index (χ1) is 6.43. The molecule has 0 radical (unpaired) electrons. The lowest BCUT2D eigenvalue weighted by Gasteiger charge is -2.09. The predicted molar refractivity (Wildman–Crippen MR) is 53.3 cm³/mol. The molecule has 78 valence electrons. The quantitative estimate of drug-likeness (QED) is 0.799. The van der Waals surface area contributed by atoms with Gasteiger partial charge in [0.15, 0.2) is 0 Å². The Labute approximate surface area is 83.5 Å². The van der Waals surface area contributed by atoms with E-state index < -0.39 is 5.97 Å². The van der Waals surface area contributed by atoms with Crippen molar-refractivity contribution in [3.05, 3.63) is 17.0 Å². The molecule has 0 fully saturated rings. The Balaban J connectivity index is 2.99. The molecule has 0 amide bonds. The van der Waals surface area contributed by atoms with Crippen LogP contribution in [0.4, 0.5) is 0 Å². The van der Waals surface area contributed by atoms with E-state index in [1.165, 1.54) is 0 Å². The first-order valence-corrected chi connectivity index (χ1v) is 4.65. The van der Waals surface area contributed by atoms with Gasteiger partial charge in [0.25, 0.3) is 0 Å². The Hall–Kier alpha value is -1.32. The number of aryl methyl sites for hydroxylation is 2. The molecule has 0 aliphatic heterocycles. The average Bonchev–Trinajstić information content (AvgIpc) is 2.25. The van der Waals surface area contributed by atoms with E-state index in [2.05, 4.69) is 5.10 Å². The summed E-state index contributed by atoms with van der Waals surface area (Å²) >= 11 is 0. The van der Waals surface area contributed by atoms with E-state index >= 15 is 0 Å². The minimum atomic E-state index is -0.764. The lowest BCUT2D eigenvalue weighted by Crippen LogP contribution is -2.05. The van der Waals surface area contributed by atoms with Crippen LogP contribution in [-0.4, -0.2) is 20.9 Å². The van der Waals surface area contributed by atoms with Crippen molar-refractivity contribution in [3.63, 3.8) is 0 Å². The fourth-order valence-electron chi connectivity index (χ4n) is 1.87. The van der Waals surface area contributed by atoms with E-state index in [-0.39, 0.29) is 12.3 Å². The Morgan fingerprint density at radius 2 is 2.14 bits per heavy atom. The highest BCUT2D eigenvalue weighted by Gasteiger charge is 2.18. The second-order valence-corrected chi connectivity index (χ2v) is 3.71. The zero-order valence-electron chi connectivity index (χ0n) is 9.03. The Morgan fingerprint density at radius 3 is 2.50 bits per heavy atom. The lowest BCUT2D eigenvalue weighted by molar-refractivity contribution is -0.137. The molecule has 0 saturated heterocycles. The third-order valence-electron chi connectivity index (χ3n) is 2.54. The number of rotatable bonds is 3. The maximum atomic E-state index is 10.6. The van der Waals surface area contributed by atoms with Gasteiger partial charge in [0.1, 0.15) is 0 Å². The topological polar surface area (TPSA) is 55.1 Å². The fraction of sp³-hybridized carbons (Fsp3) is 0.600. The van der Waals surface area contributed by atoms with Crippen molar-refractivity contribution in [3.8, 4) is 0 Å². The second-order valence-electron chi connectivity index (χ2n) is 3.71. The van der Waals surface area contributed by atoms with Crippen molar-refractivity contribution < 1.29 is 9.90 Å². The van der Waals surface area contributed by atoms with Crippen LogP contribution >= 0.6 is 0 Å². The van der Waals surface area contributed by atoms with Crippen LogP contribution in [0.2, 0.25) is 0 Å². The molecular weight excluding hydrogens is 180 g/mol. The highest BCUT2D eigenvalue weighted by molar-refractivity contribution is 5.68. The van der Waals surface area contributed by atoms with Crippen molar-refractivity contribution in [2.45, 2.75) is 33.1 Å². The zero-order chi connectivity index (χ0) is 10.9. The highest BCUT2D eigenvalue weighted by Crippen LogP contribution is 2.25. The summed E-state index contributed by atoms with van der Waals surface area (Å²) in [5, 5.41) is 13.0. The molecule has 0 aliphatic rings.